The summed E-state index contributed by atoms with van der Waals surface area (Å²) in [5.74, 6) is 0.186. The maximum atomic E-state index is 11.5. The van der Waals surface area contributed by atoms with Gasteiger partial charge in [-0.05, 0) is 12.5 Å². The van der Waals surface area contributed by atoms with Crippen LogP contribution >= 0.6 is 0 Å². The molecule has 94 valence electrons. The molecule has 1 aromatic rings. The number of amides is 2. The second kappa shape index (κ2) is 4.79. The van der Waals surface area contributed by atoms with Crippen molar-refractivity contribution >= 4 is 15.9 Å². The van der Waals surface area contributed by atoms with E-state index < -0.39 is 9.84 Å². The van der Waals surface area contributed by atoms with Gasteiger partial charge in [0.25, 0.3) is 0 Å². The van der Waals surface area contributed by atoms with Gasteiger partial charge in [-0.25, -0.2) is 13.2 Å². The van der Waals surface area contributed by atoms with Crippen LogP contribution in [0.4, 0.5) is 4.79 Å². The van der Waals surface area contributed by atoms with Crippen molar-refractivity contribution in [2.75, 3.05) is 11.5 Å². The minimum absolute atomic E-state index is 0.0339. The van der Waals surface area contributed by atoms with E-state index in [0.717, 1.165) is 5.56 Å². The molecule has 2 amide bonds. The zero-order valence-corrected chi connectivity index (χ0v) is 10.00. The summed E-state index contributed by atoms with van der Waals surface area (Å²) in [7, 11) is -2.96. The van der Waals surface area contributed by atoms with Gasteiger partial charge >= 0.3 is 6.03 Å². The summed E-state index contributed by atoms with van der Waals surface area (Å²) in [6, 6.07) is 1.12. The van der Waals surface area contributed by atoms with Crippen LogP contribution < -0.4 is 10.6 Å². The van der Waals surface area contributed by atoms with Crippen LogP contribution in [0.25, 0.3) is 0 Å². The van der Waals surface area contributed by atoms with Crippen LogP contribution in [0, 0.1) is 0 Å². The molecular formula is C10H14N2O4S. The molecule has 0 aliphatic carbocycles. The van der Waals surface area contributed by atoms with E-state index in [1.807, 2.05) is 0 Å². The highest BCUT2D eigenvalue weighted by Gasteiger charge is 2.28. The molecule has 0 aromatic carbocycles. The minimum Gasteiger partial charge on any atom is -0.472 e. The predicted octanol–water partition coefficient (Wildman–Crippen LogP) is 0.266. The molecule has 1 aromatic heterocycles. The molecule has 2 heterocycles. The number of carbonyl (C=O) groups excluding carboxylic acids is 1. The first-order valence-electron chi connectivity index (χ1n) is 5.31. The fourth-order valence-corrected chi connectivity index (χ4v) is 3.39. The lowest BCUT2D eigenvalue weighted by Gasteiger charge is -2.11. The normalized spacial score (nSPS) is 22.2. The van der Waals surface area contributed by atoms with Gasteiger partial charge in [0.1, 0.15) is 0 Å². The summed E-state index contributed by atoms with van der Waals surface area (Å²) in [6.45, 7) is 0.363. The topological polar surface area (TPSA) is 88.4 Å². The van der Waals surface area contributed by atoms with Crippen LogP contribution in [0.15, 0.2) is 23.0 Å². The van der Waals surface area contributed by atoms with E-state index in [4.69, 9.17) is 4.42 Å². The van der Waals surface area contributed by atoms with Crippen molar-refractivity contribution in [3.63, 3.8) is 0 Å². The number of nitrogens with one attached hydrogen (secondary N) is 2. The Labute approximate surface area is 99.3 Å². The molecule has 2 N–H and O–H groups in total. The standard InChI is InChI=1S/C10H14N2O4S/c13-10(11-5-8-1-3-16-6-8)12-9-2-4-17(14,15)7-9/h1,3,6,9H,2,4-5,7H2,(H2,11,12,13)/t9-/m1/s1. The zero-order valence-electron chi connectivity index (χ0n) is 9.18. The molecule has 6 nitrogen and oxygen atoms in total. The molecule has 2 rings (SSSR count). The number of sulfone groups is 1. The first-order valence-corrected chi connectivity index (χ1v) is 7.13. The van der Waals surface area contributed by atoms with E-state index >= 15 is 0 Å². The van der Waals surface area contributed by atoms with Crippen LogP contribution in [-0.2, 0) is 16.4 Å². The summed E-state index contributed by atoms with van der Waals surface area (Å²) >= 11 is 0. The first kappa shape index (κ1) is 12.0. The maximum Gasteiger partial charge on any atom is 0.315 e. The number of urea groups is 1. The summed E-state index contributed by atoms with van der Waals surface area (Å²) in [6.07, 6.45) is 3.56. The fourth-order valence-electron chi connectivity index (χ4n) is 1.72. The number of carbonyl (C=O) groups is 1. The van der Waals surface area contributed by atoms with Gasteiger partial charge in [0.05, 0.1) is 24.0 Å². The second-order valence-corrected chi connectivity index (χ2v) is 6.29. The van der Waals surface area contributed by atoms with Crippen molar-refractivity contribution in [2.45, 2.75) is 19.0 Å². The van der Waals surface area contributed by atoms with Crippen LogP contribution in [0.1, 0.15) is 12.0 Å². The molecule has 1 atom stereocenters. The van der Waals surface area contributed by atoms with Gasteiger partial charge in [0.15, 0.2) is 9.84 Å². The van der Waals surface area contributed by atoms with Gasteiger partial charge in [0, 0.05) is 18.2 Å². The van der Waals surface area contributed by atoms with Crippen LogP contribution in [0.2, 0.25) is 0 Å². The van der Waals surface area contributed by atoms with E-state index in [0.29, 0.717) is 13.0 Å². The minimum atomic E-state index is -2.96. The Balaban J connectivity index is 1.75. The highest BCUT2D eigenvalue weighted by molar-refractivity contribution is 7.91. The van der Waals surface area contributed by atoms with E-state index in [9.17, 15) is 13.2 Å². The summed E-state index contributed by atoms with van der Waals surface area (Å²) in [4.78, 5) is 11.5. The largest absolute Gasteiger partial charge is 0.472 e. The van der Waals surface area contributed by atoms with Gasteiger partial charge < -0.3 is 15.1 Å². The number of hydrogen-bond acceptors (Lipinski definition) is 4. The smallest absolute Gasteiger partial charge is 0.315 e. The van der Waals surface area contributed by atoms with E-state index in [1.165, 1.54) is 6.26 Å². The monoisotopic (exact) mass is 258 g/mol. The molecule has 0 unspecified atom stereocenters. The molecular weight excluding hydrogens is 244 g/mol. The zero-order chi connectivity index (χ0) is 12.3. The van der Waals surface area contributed by atoms with E-state index in [2.05, 4.69) is 10.6 Å². The molecule has 1 fully saturated rings. The fraction of sp³-hybridized carbons (Fsp3) is 0.500. The van der Waals surface area contributed by atoms with Crippen LogP contribution in [-0.4, -0.2) is 32.0 Å². The lowest BCUT2D eigenvalue weighted by Crippen LogP contribution is -2.42. The Morgan fingerprint density at radius 1 is 1.53 bits per heavy atom. The molecule has 7 heteroatoms. The van der Waals surface area contributed by atoms with Crippen LogP contribution in [0.5, 0.6) is 0 Å². The van der Waals surface area contributed by atoms with Crippen molar-refractivity contribution in [3.05, 3.63) is 24.2 Å². The number of hydrogen-bond donors (Lipinski definition) is 2. The highest BCUT2D eigenvalue weighted by Crippen LogP contribution is 2.10. The molecule has 1 saturated heterocycles. The molecule has 0 bridgehead atoms. The number of furan rings is 1. The van der Waals surface area contributed by atoms with E-state index in [1.54, 1.807) is 12.3 Å². The lowest BCUT2D eigenvalue weighted by molar-refractivity contribution is 0.237. The third kappa shape index (κ3) is 3.48. The molecule has 0 saturated carbocycles. The van der Waals surface area contributed by atoms with Crippen LogP contribution in [0.3, 0.4) is 0 Å². The van der Waals surface area contributed by atoms with Crippen molar-refractivity contribution in [2.24, 2.45) is 0 Å². The van der Waals surface area contributed by atoms with E-state index in [-0.39, 0.29) is 23.6 Å². The molecule has 0 spiro atoms. The molecule has 1 aliphatic heterocycles. The maximum absolute atomic E-state index is 11.5. The van der Waals surface area contributed by atoms with Crippen molar-refractivity contribution in [1.29, 1.82) is 0 Å². The van der Waals surface area contributed by atoms with Crippen molar-refractivity contribution < 1.29 is 17.6 Å². The average Bonchev–Trinajstić information content (AvgIpc) is 2.85. The number of rotatable bonds is 3. The van der Waals surface area contributed by atoms with Gasteiger partial charge in [-0.1, -0.05) is 0 Å². The van der Waals surface area contributed by atoms with Gasteiger partial charge in [-0.3, -0.25) is 0 Å². The first-order chi connectivity index (χ1) is 8.05. The Morgan fingerprint density at radius 3 is 2.94 bits per heavy atom. The van der Waals surface area contributed by atoms with Gasteiger partial charge in [-0.15, -0.1) is 0 Å². The van der Waals surface area contributed by atoms with Crippen molar-refractivity contribution in [1.82, 2.24) is 10.6 Å². The molecule has 17 heavy (non-hydrogen) atoms. The van der Waals surface area contributed by atoms with Gasteiger partial charge in [-0.2, -0.15) is 0 Å². The lowest BCUT2D eigenvalue weighted by atomic mass is 10.3. The Kier molecular flexibility index (Phi) is 3.37. The Hall–Kier alpha value is -1.50. The summed E-state index contributed by atoms with van der Waals surface area (Å²) < 4.78 is 27.2. The van der Waals surface area contributed by atoms with Crippen molar-refractivity contribution in [3.8, 4) is 0 Å². The third-order valence-electron chi connectivity index (χ3n) is 2.60. The predicted molar refractivity (Wildman–Crippen MR) is 61.1 cm³/mol. The van der Waals surface area contributed by atoms with Gasteiger partial charge in [0.2, 0.25) is 0 Å². The third-order valence-corrected chi connectivity index (χ3v) is 4.37. The Bertz CT molecular complexity index is 480. The molecule has 0 radical (unpaired) electrons. The second-order valence-electron chi connectivity index (χ2n) is 4.06. The molecule has 1 aliphatic rings. The average molecular weight is 258 g/mol. The summed E-state index contributed by atoms with van der Waals surface area (Å²) in [5, 5.41) is 5.27. The SMILES string of the molecule is O=C(NCc1ccoc1)N[C@@H]1CCS(=O)(=O)C1. The summed E-state index contributed by atoms with van der Waals surface area (Å²) in [5.41, 5.74) is 0.860. The highest BCUT2D eigenvalue weighted by atomic mass is 32.2. The Morgan fingerprint density at radius 2 is 2.35 bits per heavy atom. The quantitative estimate of drug-likeness (QED) is 0.814.